The van der Waals surface area contributed by atoms with Gasteiger partial charge < -0.3 is 15.8 Å². The van der Waals surface area contributed by atoms with E-state index in [1.54, 1.807) is 6.92 Å². The summed E-state index contributed by atoms with van der Waals surface area (Å²) < 4.78 is 4.51. The summed E-state index contributed by atoms with van der Waals surface area (Å²) in [6, 6.07) is -0.636. The van der Waals surface area contributed by atoms with Crippen LogP contribution >= 0.6 is 0 Å². The lowest BCUT2D eigenvalue weighted by atomic mass is 9.98. The van der Waals surface area contributed by atoms with Gasteiger partial charge in [0.15, 0.2) is 0 Å². The molecule has 1 aliphatic rings. The number of amides is 1. The molecule has 0 bridgehead atoms. The Morgan fingerprint density at radius 3 is 2.40 bits per heavy atom. The zero-order valence-corrected chi connectivity index (χ0v) is 9.21. The predicted molar refractivity (Wildman–Crippen MR) is 55.0 cm³/mol. The van der Waals surface area contributed by atoms with Gasteiger partial charge in [0, 0.05) is 0 Å². The molecule has 5 nitrogen and oxygen atoms in total. The molecule has 1 fully saturated rings. The smallest absolute Gasteiger partial charge is 0.328 e. The number of hydrogen-bond acceptors (Lipinski definition) is 4. The van der Waals surface area contributed by atoms with Crippen molar-refractivity contribution in [2.24, 2.45) is 5.73 Å². The number of ether oxygens (including phenoxy) is 1. The molecule has 0 spiro atoms. The lowest BCUT2D eigenvalue weighted by Gasteiger charge is -2.24. The van der Waals surface area contributed by atoms with Crippen LogP contribution in [-0.4, -0.2) is 30.6 Å². The van der Waals surface area contributed by atoms with E-state index in [1.807, 2.05) is 0 Å². The van der Waals surface area contributed by atoms with Gasteiger partial charge in [-0.3, -0.25) is 4.79 Å². The number of hydrogen-bond donors (Lipinski definition) is 2. The number of nitrogens with one attached hydrogen (secondary N) is 1. The number of carbonyl (C=O) groups excluding carboxylic acids is 2. The number of nitrogens with two attached hydrogens (primary N) is 1. The summed E-state index contributed by atoms with van der Waals surface area (Å²) in [5.41, 5.74) is 5.14. The number of carbonyl (C=O) groups is 2. The standard InChI is InChI=1S/C10H18N2O3/c1-7(8(13)15-2)12-9(14)10(11)5-3-4-6-10/h7H,3-6,11H2,1-2H3,(H,12,14)/t7-/m0/s1. The Kier molecular flexibility index (Phi) is 3.68. The van der Waals surface area contributed by atoms with Crippen LogP contribution in [0.15, 0.2) is 0 Å². The summed E-state index contributed by atoms with van der Waals surface area (Å²) in [7, 11) is 1.29. The highest BCUT2D eigenvalue weighted by molar-refractivity contribution is 5.90. The second-order valence-electron chi connectivity index (χ2n) is 4.08. The molecule has 0 unspecified atom stereocenters. The molecule has 1 aliphatic carbocycles. The maximum atomic E-state index is 11.8. The molecule has 0 radical (unpaired) electrons. The molecule has 0 heterocycles. The van der Waals surface area contributed by atoms with E-state index < -0.39 is 17.6 Å². The normalized spacial score (nSPS) is 20.7. The highest BCUT2D eigenvalue weighted by Crippen LogP contribution is 2.27. The van der Waals surface area contributed by atoms with Crippen LogP contribution in [0.5, 0.6) is 0 Å². The molecule has 0 aliphatic heterocycles. The van der Waals surface area contributed by atoms with Crippen LogP contribution in [0.2, 0.25) is 0 Å². The third-order valence-corrected chi connectivity index (χ3v) is 2.85. The van der Waals surface area contributed by atoms with Crippen LogP contribution in [0.25, 0.3) is 0 Å². The van der Waals surface area contributed by atoms with Gasteiger partial charge >= 0.3 is 5.97 Å². The fourth-order valence-corrected chi connectivity index (χ4v) is 1.81. The van der Waals surface area contributed by atoms with Gasteiger partial charge in [-0.05, 0) is 19.8 Å². The average molecular weight is 214 g/mol. The van der Waals surface area contributed by atoms with Gasteiger partial charge in [0.25, 0.3) is 0 Å². The first-order chi connectivity index (χ1) is 6.99. The van der Waals surface area contributed by atoms with E-state index in [9.17, 15) is 9.59 Å². The van der Waals surface area contributed by atoms with E-state index in [2.05, 4.69) is 10.1 Å². The first kappa shape index (κ1) is 12.0. The van der Waals surface area contributed by atoms with Crippen LogP contribution < -0.4 is 11.1 Å². The van der Waals surface area contributed by atoms with Crippen LogP contribution in [0.4, 0.5) is 0 Å². The van der Waals surface area contributed by atoms with Gasteiger partial charge in [0.05, 0.1) is 12.6 Å². The second-order valence-corrected chi connectivity index (χ2v) is 4.08. The molecule has 0 saturated heterocycles. The van der Waals surface area contributed by atoms with Gasteiger partial charge in [0.1, 0.15) is 6.04 Å². The van der Waals surface area contributed by atoms with Gasteiger partial charge in [-0.1, -0.05) is 12.8 Å². The maximum Gasteiger partial charge on any atom is 0.328 e. The molecule has 5 heteroatoms. The molecule has 1 atom stereocenters. The van der Waals surface area contributed by atoms with E-state index in [0.29, 0.717) is 12.8 Å². The quantitative estimate of drug-likeness (QED) is 0.645. The number of methoxy groups -OCH3 is 1. The minimum Gasteiger partial charge on any atom is -0.467 e. The van der Waals surface area contributed by atoms with E-state index in [4.69, 9.17) is 5.73 Å². The van der Waals surface area contributed by atoms with Crippen molar-refractivity contribution in [1.82, 2.24) is 5.32 Å². The van der Waals surface area contributed by atoms with Gasteiger partial charge in [0.2, 0.25) is 5.91 Å². The summed E-state index contributed by atoms with van der Waals surface area (Å²) >= 11 is 0. The Labute approximate surface area is 89.3 Å². The van der Waals surface area contributed by atoms with Crippen LogP contribution in [0, 0.1) is 0 Å². The maximum absolute atomic E-state index is 11.8. The Bertz CT molecular complexity index is 259. The van der Waals surface area contributed by atoms with E-state index in [0.717, 1.165) is 12.8 Å². The van der Waals surface area contributed by atoms with Gasteiger partial charge in [-0.15, -0.1) is 0 Å². The van der Waals surface area contributed by atoms with E-state index in [-0.39, 0.29) is 5.91 Å². The molecule has 1 saturated carbocycles. The zero-order chi connectivity index (χ0) is 11.5. The molecule has 0 aromatic rings. The summed E-state index contributed by atoms with van der Waals surface area (Å²) in [6.45, 7) is 1.59. The minimum atomic E-state index is -0.789. The third-order valence-electron chi connectivity index (χ3n) is 2.85. The van der Waals surface area contributed by atoms with E-state index >= 15 is 0 Å². The van der Waals surface area contributed by atoms with Crippen molar-refractivity contribution in [3.05, 3.63) is 0 Å². The summed E-state index contributed by atoms with van der Waals surface area (Å²) in [5, 5.41) is 2.57. The highest BCUT2D eigenvalue weighted by atomic mass is 16.5. The average Bonchev–Trinajstić information content (AvgIpc) is 2.65. The topological polar surface area (TPSA) is 81.4 Å². The van der Waals surface area contributed by atoms with Gasteiger partial charge in [-0.2, -0.15) is 0 Å². The van der Waals surface area contributed by atoms with Crippen LogP contribution in [0.3, 0.4) is 0 Å². The van der Waals surface area contributed by atoms with Crippen molar-refractivity contribution < 1.29 is 14.3 Å². The van der Waals surface area contributed by atoms with Crippen molar-refractivity contribution >= 4 is 11.9 Å². The molecule has 15 heavy (non-hydrogen) atoms. The van der Waals surface area contributed by atoms with Crippen molar-refractivity contribution in [2.75, 3.05) is 7.11 Å². The Morgan fingerprint density at radius 1 is 1.40 bits per heavy atom. The molecule has 86 valence electrons. The minimum absolute atomic E-state index is 0.252. The molecule has 3 N–H and O–H groups in total. The van der Waals surface area contributed by atoms with Crippen LogP contribution in [-0.2, 0) is 14.3 Å². The lowest BCUT2D eigenvalue weighted by Crippen LogP contribution is -2.55. The fraction of sp³-hybridized carbons (Fsp3) is 0.800. The largest absolute Gasteiger partial charge is 0.467 e. The molecule has 0 aromatic heterocycles. The number of esters is 1. The fourth-order valence-electron chi connectivity index (χ4n) is 1.81. The predicted octanol–water partition coefficient (Wildman–Crippen LogP) is -0.0644. The highest BCUT2D eigenvalue weighted by Gasteiger charge is 2.38. The monoisotopic (exact) mass is 214 g/mol. The molecular formula is C10H18N2O3. The first-order valence-corrected chi connectivity index (χ1v) is 5.17. The van der Waals surface area contributed by atoms with E-state index in [1.165, 1.54) is 7.11 Å². The third kappa shape index (κ3) is 2.68. The molecule has 1 rings (SSSR count). The summed E-state index contributed by atoms with van der Waals surface area (Å²) in [4.78, 5) is 22.8. The van der Waals surface area contributed by atoms with Crippen molar-refractivity contribution in [3.8, 4) is 0 Å². The van der Waals surface area contributed by atoms with Crippen molar-refractivity contribution in [2.45, 2.75) is 44.2 Å². The first-order valence-electron chi connectivity index (χ1n) is 5.17. The van der Waals surface area contributed by atoms with Crippen LogP contribution in [0.1, 0.15) is 32.6 Å². The Balaban J connectivity index is 2.51. The SMILES string of the molecule is COC(=O)[C@H](C)NC(=O)C1(N)CCCC1. The summed E-state index contributed by atoms with van der Waals surface area (Å²) in [5.74, 6) is -0.706. The van der Waals surface area contributed by atoms with Gasteiger partial charge in [-0.25, -0.2) is 4.79 Å². The molecular weight excluding hydrogens is 196 g/mol. The molecule has 0 aromatic carbocycles. The Morgan fingerprint density at radius 2 is 1.93 bits per heavy atom. The van der Waals surface area contributed by atoms with Crippen molar-refractivity contribution in [3.63, 3.8) is 0 Å². The zero-order valence-electron chi connectivity index (χ0n) is 9.21. The number of rotatable bonds is 3. The Hall–Kier alpha value is -1.10. The second kappa shape index (κ2) is 4.61. The summed E-state index contributed by atoms with van der Waals surface area (Å²) in [6.07, 6.45) is 3.31. The van der Waals surface area contributed by atoms with Crippen molar-refractivity contribution in [1.29, 1.82) is 0 Å². The molecule has 1 amide bonds. The lowest BCUT2D eigenvalue weighted by molar-refractivity contribution is -0.145.